The van der Waals surface area contributed by atoms with Gasteiger partial charge in [0.25, 0.3) is 0 Å². The topological polar surface area (TPSA) is 75.6 Å². The van der Waals surface area contributed by atoms with Crippen LogP contribution in [0.15, 0.2) is 48.5 Å². The molecule has 5 nitrogen and oxygen atoms in total. The molecular formula is C22H23NO4. The Labute approximate surface area is 158 Å². The second-order valence-electron chi connectivity index (χ2n) is 7.65. The molecule has 2 N–H and O–H groups in total. The average Bonchev–Trinajstić information content (AvgIpc) is 3.18. The number of aliphatic carboxylic acids is 1. The van der Waals surface area contributed by atoms with Gasteiger partial charge in [-0.05, 0) is 42.0 Å². The average molecular weight is 365 g/mol. The molecule has 140 valence electrons. The first-order valence-electron chi connectivity index (χ1n) is 9.35. The van der Waals surface area contributed by atoms with Crippen LogP contribution in [0.3, 0.4) is 0 Å². The zero-order valence-corrected chi connectivity index (χ0v) is 15.3. The van der Waals surface area contributed by atoms with Crippen molar-refractivity contribution in [1.29, 1.82) is 0 Å². The third-order valence-corrected chi connectivity index (χ3v) is 5.99. The smallest absolute Gasteiger partial charge is 0.407 e. The summed E-state index contributed by atoms with van der Waals surface area (Å²) in [7, 11) is 0. The molecule has 0 heterocycles. The molecule has 0 bridgehead atoms. The van der Waals surface area contributed by atoms with E-state index in [1.165, 1.54) is 11.1 Å². The SMILES string of the molecule is C[C@@]1(NC(=O)OCC2c3ccccc3-c3ccccc32)CCC[C@@H]1C(=O)O. The van der Waals surface area contributed by atoms with Gasteiger partial charge in [-0.25, -0.2) is 4.79 Å². The van der Waals surface area contributed by atoms with Crippen LogP contribution in [-0.2, 0) is 9.53 Å². The number of fused-ring (bicyclic) bond motifs is 3. The van der Waals surface area contributed by atoms with Crippen molar-refractivity contribution in [3.05, 3.63) is 59.7 Å². The second kappa shape index (κ2) is 6.72. The summed E-state index contributed by atoms with van der Waals surface area (Å²) < 4.78 is 5.55. The minimum atomic E-state index is -0.867. The van der Waals surface area contributed by atoms with Gasteiger partial charge in [-0.2, -0.15) is 0 Å². The summed E-state index contributed by atoms with van der Waals surface area (Å²) in [6, 6.07) is 16.3. The zero-order valence-electron chi connectivity index (χ0n) is 15.3. The predicted octanol–water partition coefficient (Wildman–Crippen LogP) is 4.17. The van der Waals surface area contributed by atoms with Crippen molar-refractivity contribution in [2.24, 2.45) is 5.92 Å². The van der Waals surface area contributed by atoms with Gasteiger partial charge in [0.1, 0.15) is 6.61 Å². The van der Waals surface area contributed by atoms with Crippen LogP contribution in [0.1, 0.15) is 43.2 Å². The lowest BCUT2D eigenvalue weighted by molar-refractivity contribution is -0.143. The highest BCUT2D eigenvalue weighted by atomic mass is 16.5. The molecule has 0 aliphatic heterocycles. The molecule has 4 rings (SSSR count). The Morgan fingerprint density at radius 2 is 1.70 bits per heavy atom. The van der Waals surface area contributed by atoms with Gasteiger partial charge in [-0.3, -0.25) is 4.79 Å². The van der Waals surface area contributed by atoms with Gasteiger partial charge in [-0.1, -0.05) is 55.0 Å². The maximum absolute atomic E-state index is 12.4. The fraction of sp³-hybridized carbons (Fsp3) is 0.364. The number of carboxylic acids is 1. The van der Waals surface area contributed by atoms with E-state index in [2.05, 4.69) is 29.6 Å². The third kappa shape index (κ3) is 3.07. The van der Waals surface area contributed by atoms with Crippen LogP contribution >= 0.6 is 0 Å². The van der Waals surface area contributed by atoms with Crippen LogP contribution in [0, 0.1) is 5.92 Å². The Bertz CT molecular complexity index is 848. The Balaban J connectivity index is 1.48. The van der Waals surface area contributed by atoms with Crippen LogP contribution in [-0.4, -0.2) is 29.3 Å². The van der Waals surface area contributed by atoms with Crippen molar-refractivity contribution < 1.29 is 19.4 Å². The normalized spacial score (nSPS) is 23.5. The number of hydrogen-bond donors (Lipinski definition) is 2. The molecule has 5 heteroatoms. The highest BCUT2D eigenvalue weighted by Gasteiger charge is 2.44. The fourth-order valence-corrected chi connectivity index (χ4v) is 4.58. The largest absolute Gasteiger partial charge is 0.481 e. The monoisotopic (exact) mass is 365 g/mol. The number of carboxylic acid groups (broad SMARTS) is 1. The van der Waals surface area contributed by atoms with E-state index in [1.807, 2.05) is 24.3 Å². The number of benzene rings is 2. The molecule has 0 radical (unpaired) electrons. The van der Waals surface area contributed by atoms with Gasteiger partial charge in [0.05, 0.1) is 11.5 Å². The first kappa shape index (κ1) is 17.6. The maximum Gasteiger partial charge on any atom is 0.407 e. The van der Waals surface area contributed by atoms with Crippen molar-refractivity contribution in [3.8, 4) is 11.1 Å². The molecule has 1 fully saturated rings. The molecular weight excluding hydrogens is 342 g/mol. The first-order chi connectivity index (χ1) is 13.0. The van der Waals surface area contributed by atoms with Crippen LogP contribution in [0.4, 0.5) is 4.79 Å². The van der Waals surface area contributed by atoms with Crippen molar-refractivity contribution in [3.63, 3.8) is 0 Å². The molecule has 2 aliphatic carbocycles. The number of carbonyl (C=O) groups is 2. The van der Waals surface area contributed by atoms with E-state index in [1.54, 1.807) is 6.92 Å². The maximum atomic E-state index is 12.4. The van der Waals surface area contributed by atoms with Crippen LogP contribution in [0.25, 0.3) is 11.1 Å². The lowest BCUT2D eigenvalue weighted by Gasteiger charge is -2.30. The molecule has 2 aromatic carbocycles. The van der Waals surface area contributed by atoms with Crippen molar-refractivity contribution in [1.82, 2.24) is 5.32 Å². The lowest BCUT2D eigenvalue weighted by atomic mass is 9.89. The van der Waals surface area contributed by atoms with E-state index in [0.29, 0.717) is 12.8 Å². The number of amides is 1. The molecule has 0 unspecified atom stereocenters. The summed E-state index contributed by atoms with van der Waals surface area (Å²) in [5, 5.41) is 12.2. The Morgan fingerprint density at radius 1 is 1.11 bits per heavy atom. The van der Waals surface area contributed by atoms with E-state index in [9.17, 15) is 14.7 Å². The van der Waals surface area contributed by atoms with Crippen molar-refractivity contribution in [2.45, 2.75) is 37.6 Å². The van der Waals surface area contributed by atoms with Gasteiger partial charge < -0.3 is 15.2 Å². The summed E-state index contributed by atoms with van der Waals surface area (Å²) in [6.07, 6.45) is 1.47. The van der Waals surface area contributed by atoms with Gasteiger partial charge in [-0.15, -0.1) is 0 Å². The quantitative estimate of drug-likeness (QED) is 0.853. The van der Waals surface area contributed by atoms with E-state index >= 15 is 0 Å². The number of rotatable bonds is 4. The van der Waals surface area contributed by atoms with Crippen molar-refractivity contribution >= 4 is 12.1 Å². The van der Waals surface area contributed by atoms with E-state index in [0.717, 1.165) is 17.5 Å². The molecule has 2 atom stereocenters. The lowest BCUT2D eigenvalue weighted by Crippen LogP contribution is -2.51. The number of hydrogen-bond acceptors (Lipinski definition) is 3. The Morgan fingerprint density at radius 3 is 2.30 bits per heavy atom. The van der Waals surface area contributed by atoms with Crippen LogP contribution in [0.2, 0.25) is 0 Å². The standard InChI is InChI=1S/C22H23NO4/c1-22(12-6-11-19(22)20(24)25)23-21(26)27-13-18-16-9-4-2-7-14(16)15-8-3-5-10-17(15)18/h2-5,7-10,18-19H,6,11-13H2,1H3,(H,23,26)(H,24,25)/t19-,22-/m1/s1. The molecule has 0 saturated heterocycles. The number of ether oxygens (including phenoxy) is 1. The molecule has 1 amide bonds. The van der Waals surface area contributed by atoms with Crippen molar-refractivity contribution in [2.75, 3.05) is 6.61 Å². The van der Waals surface area contributed by atoms with E-state index < -0.39 is 23.5 Å². The van der Waals surface area contributed by atoms with E-state index in [4.69, 9.17) is 4.74 Å². The second-order valence-corrected chi connectivity index (χ2v) is 7.65. The van der Waals surface area contributed by atoms with Gasteiger partial charge >= 0.3 is 12.1 Å². The number of alkyl carbamates (subject to hydrolysis) is 1. The molecule has 27 heavy (non-hydrogen) atoms. The zero-order chi connectivity index (χ0) is 19.0. The number of carbonyl (C=O) groups excluding carboxylic acids is 1. The van der Waals surface area contributed by atoms with Gasteiger partial charge in [0.15, 0.2) is 0 Å². The van der Waals surface area contributed by atoms with Gasteiger partial charge in [0, 0.05) is 5.92 Å². The summed E-state index contributed by atoms with van der Waals surface area (Å²) in [5.41, 5.74) is 3.91. The molecule has 0 aromatic heterocycles. The van der Waals surface area contributed by atoms with Gasteiger partial charge in [0.2, 0.25) is 0 Å². The highest BCUT2D eigenvalue weighted by molar-refractivity contribution is 5.79. The summed E-state index contributed by atoms with van der Waals surface area (Å²) in [6.45, 7) is 2.02. The molecule has 2 aromatic rings. The van der Waals surface area contributed by atoms with Crippen LogP contribution in [0.5, 0.6) is 0 Å². The third-order valence-electron chi connectivity index (χ3n) is 5.99. The summed E-state index contributed by atoms with van der Waals surface area (Å²) >= 11 is 0. The minimum absolute atomic E-state index is 0.00481. The predicted molar refractivity (Wildman–Crippen MR) is 102 cm³/mol. The molecule has 0 spiro atoms. The Hall–Kier alpha value is -2.82. The minimum Gasteiger partial charge on any atom is -0.481 e. The highest BCUT2D eigenvalue weighted by Crippen LogP contribution is 2.44. The Kier molecular flexibility index (Phi) is 4.38. The molecule has 1 saturated carbocycles. The summed E-state index contributed by atoms with van der Waals surface area (Å²) in [4.78, 5) is 23.9. The summed E-state index contributed by atoms with van der Waals surface area (Å²) in [5.74, 6) is -1.44. The van der Waals surface area contributed by atoms with Crippen LogP contribution < -0.4 is 5.32 Å². The number of nitrogens with one attached hydrogen (secondary N) is 1. The van der Waals surface area contributed by atoms with E-state index in [-0.39, 0.29) is 12.5 Å². The molecule has 2 aliphatic rings. The fourth-order valence-electron chi connectivity index (χ4n) is 4.58. The first-order valence-corrected chi connectivity index (χ1v) is 9.35.